The average molecular weight is 311 g/mol. The summed E-state index contributed by atoms with van der Waals surface area (Å²) in [6.45, 7) is 2.40. The van der Waals surface area contributed by atoms with Crippen molar-refractivity contribution in [2.75, 3.05) is 13.7 Å². The molecule has 0 spiro atoms. The predicted molar refractivity (Wildman–Crippen MR) is 83.8 cm³/mol. The van der Waals surface area contributed by atoms with Gasteiger partial charge in [0.15, 0.2) is 5.11 Å². The maximum absolute atomic E-state index is 12.7. The van der Waals surface area contributed by atoms with Crippen molar-refractivity contribution < 1.29 is 13.9 Å². The van der Waals surface area contributed by atoms with E-state index in [9.17, 15) is 9.18 Å². The average Bonchev–Trinajstić information content (AvgIpc) is 2.44. The molecule has 0 radical (unpaired) electrons. The molecule has 5 nitrogen and oxygen atoms in total. The first-order valence-electron chi connectivity index (χ1n) is 6.30. The topological polar surface area (TPSA) is 62.4 Å². The van der Waals surface area contributed by atoms with E-state index in [4.69, 9.17) is 17.0 Å². The summed E-state index contributed by atoms with van der Waals surface area (Å²) in [5.41, 5.74) is 5.71. The highest BCUT2D eigenvalue weighted by molar-refractivity contribution is 7.80. The predicted octanol–water partition coefficient (Wildman–Crippen LogP) is 1.37. The second-order valence-electron chi connectivity index (χ2n) is 4.33. The van der Waals surface area contributed by atoms with Crippen LogP contribution in [0, 0.1) is 5.82 Å². The van der Waals surface area contributed by atoms with Crippen LogP contribution in [0.3, 0.4) is 0 Å². The number of carbonyl (C=O) groups excluding carboxylic acids is 1. The van der Waals surface area contributed by atoms with E-state index in [1.165, 1.54) is 18.2 Å². The summed E-state index contributed by atoms with van der Waals surface area (Å²) in [5, 5.41) is 3.23. The first kappa shape index (κ1) is 17.1. The summed E-state index contributed by atoms with van der Waals surface area (Å²) in [6, 6.07) is 5.83. The number of benzene rings is 1. The van der Waals surface area contributed by atoms with Crippen molar-refractivity contribution in [2.24, 2.45) is 0 Å². The lowest BCUT2D eigenvalue weighted by molar-refractivity contribution is -0.116. The molecule has 0 saturated carbocycles. The number of amides is 1. The van der Waals surface area contributed by atoms with Crippen LogP contribution in [-0.2, 0) is 9.53 Å². The third-order valence-corrected chi connectivity index (χ3v) is 2.61. The summed E-state index contributed by atoms with van der Waals surface area (Å²) in [4.78, 5) is 11.6. The van der Waals surface area contributed by atoms with Crippen molar-refractivity contribution in [3.8, 4) is 0 Å². The largest absolute Gasteiger partial charge is 0.383 e. The monoisotopic (exact) mass is 311 g/mol. The molecule has 1 aromatic rings. The summed E-state index contributed by atoms with van der Waals surface area (Å²) in [5.74, 6) is -0.692. The van der Waals surface area contributed by atoms with Crippen molar-refractivity contribution in [3.63, 3.8) is 0 Å². The fraction of sp³-hybridized carbons (Fsp3) is 0.286. The number of methoxy groups -OCH3 is 1. The Morgan fingerprint density at radius 2 is 2.05 bits per heavy atom. The van der Waals surface area contributed by atoms with Crippen molar-refractivity contribution in [1.82, 2.24) is 16.2 Å². The van der Waals surface area contributed by atoms with E-state index in [-0.39, 0.29) is 17.8 Å². The van der Waals surface area contributed by atoms with Crippen LogP contribution in [0.5, 0.6) is 0 Å². The maximum Gasteiger partial charge on any atom is 0.262 e. The van der Waals surface area contributed by atoms with Gasteiger partial charge < -0.3 is 10.1 Å². The highest BCUT2D eigenvalue weighted by atomic mass is 32.1. The van der Waals surface area contributed by atoms with Crippen molar-refractivity contribution in [2.45, 2.75) is 13.0 Å². The minimum atomic E-state index is -0.372. The Morgan fingerprint density at radius 3 is 2.67 bits per heavy atom. The number of thiocarbonyl (C=S) groups is 1. The second kappa shape index (κ2) is 9.04. The Kier molecular flexibility index (Phi) is 7.34. The van der Waals surface area contributed by atoms with Crippen LogP contribution >= 0.6 is 12.2 Å². The van der Waals surface area contributed by atoms with Gasteiger partial charge >= 0.3 is 0 Å². The van der Waals surface area contributed by atoms with Crippen LogP contribution in [0.1, 0.15) is 12.5 Å². The third kappa shape index (κ3) is 7.38. The van der Waals surface area contributed by atoms with Crippen LogP contribution in [0.15, 0.2) is 30.3 Å². The van der Waals surface area contributed by atoms with Crippen molar-refractivity contribution in [1.29, 1.82) is 0 Å². The van der Waals surface area contributed by atoms with E-state index in [0.717, 1.165) is 5.56 Å². The molecule has 3 N–H and O–H groups in total. The number of carbonyl (C=O) groups is 1. The molecule has 1 atom stereocenters. The number of hydrogen-bond donors (Lipinski definition) is 3. The number of ether oxygens (including phenoxy) is 1. The maximum atomic E-state index is 12.7. The van der Waals surface area contributed by atoms with E-state index in [0.29, 0.717) is 11.7 Å². The Hall–Kier alpha value is -1.99. The van der Waals surface area contributed by atoms with Crippen LogP contribution in [-0.4, -0.2) is 30.8 Å². The zero-order chi connectivity index (χ0) is 15.7. The molecule has 0 aromatic heterocycles. The Bertz CT molecular complexity index is 505. The summed E-state index contributed by atoms with van der Waals surface area (Å²) in [6.07, 6.45) is 2.89. The molecule has 0 bridgehead atoms. The summed E-state index contributed by atoms with van der Waals surface area (Å²) in [7, 11) is 1.59. The molecule has 0 aliphatic heterocycles. The van der Waals surface area contributed by atoms with Crippen LogP contribution in [0.25, 0.3) is 6.08 Å². The third-order valence-electron chi connectivity index (χ3n) is 2.39. The van der Waals surface area contributed by atoms with Gasteiger partial charge in [0.05, 0.1) is 6.61 Å². The van der Waals surface area contributed by atoms with Crippen LogP contribution in [0.4, 0.5) is 4.39 Å². The molecule has 1 amide bonds. The van der Waals surface area contributed by atoms with Gasteiger partial charge in [0.25, 0.3) is 5.91 Å². The van der Waals surface area contributed by atoms with Gasteiger partial charge in [-0.25, -0.2) is 4.39 Å². The highest BCUT2D eigenvalue weighted by Crippen LogP contribution is 2.04. The smallest absolute Gasteiger partial charge is 0.262 e. The first-order valence-corrected chi connectivity index (χ1v) is 6.71. The van der Waals surface area contributed by atoms with Gasteiger partial charge in [0.2, 0.25) is 0 Å². The van der Waals surface area contributed by atoms with Gasteiger partial charge in [-0.3, -0.25) is 15.6 Å². The zero-order valence-electron chi connectivity index (χ0n) is 11.9. The van der Waals surface area contributed by atoms with E-state index >= 15 is 0 Å². The summed E-state index contributed by atoms with van der Waals surface area (Å²) < 4.78 is 17.7. The molecule has 0 aliphatic rings. The molecule has 0 fully saturated rings. The molecule has 21 heavy (non-hydrogen) atoms. The second-order valence-corrected chi connectivity index (χ2v) is 4.74. The normalized spacial score (nSPS) is 12.0. The number of hydrogen-bond acceptors (Lipinski definition) is 3. The van der Waals surface area contributed by atoms with Gasteiger partial charge in [0.1, 0.15) is 5.82 Å². The fourth-order valence-electron chi connectivity index (χ4n) is 1.46. The molecule has 0 saturated heterocycles. The lowest BCUT2D eigenvalue weighted by Crippen LogP contribution is -2.49. The molecular formula is C14H18FN3O2S. The molecule has 7 heteroatoms. The summed E-state index contributed by atoms with van der Waals surface area (Å²) >= 11 is 5.00. The van der Waals surface area contributed by atoms with Gasteiger partial charge in [-0.15, -0.1) is 0 Å². The zero-order valence-corrected chi connectivity index (χ0v) is 12.7. The van der Waals surface area contributed by atoms with Gasteiger partial charge in [-0.05, 0) is 42.9 Å². The molecule has 0 heterocycles. The van der Waals surface area contributed by atoms with Gasteiger partial charge in [-0.2, -0.15) is 0 Å². The van der Waals surface area contributed by atoms with Crippen molar-refractivity contribution >= 4 is 29.3 Å². The molecule has 1 aromatic carbocycles. The minimum Gasteiger partial charge on any atom is -0.383 e. The van der Waals surface area contributed by atoms with Gasteiger partial charge in [0, 0.05) is 19.2 Å². The standard InChI is InChI=1S/C14H18FN3O2S/c1-10(9-20-2)16-14(21)18-17-13(19)8-5-11-3-6-12(15)7-4-11/h3-8,10H,9H2,1-2H3,(H,17,19)(H2,16,18,21)/b8-5+/t10-/m1/s1. The van der Waals surface area contributed by atoms with E-state index in [1.807, 2.05) is 6.92 Å². The van der Waals surface area contributed by atoms with E-state index < -0.39 is 0 Å². The van der Waals surface area contributed by atoms with Crippen LogP contribution < -0.4 is 16.2 Å². The van der Waals surface area contributed by atoms with E-state index in [1.54, 1.807) is 25.3 Å². The molecular weight excluding hydrogens is 293 g/mol. The quantitative estimate of drug-likeness (QED) is 0.435. The Morgan fingerprint density at radius 1 is 1.38 bits per heavy atom. The Balaban J connectivity index is 2.33. The number of nitrogens with one attached hydrogen (secondary N) is 3. The minimum absolute atomic E-state index is 0.0293. The Labute approximate surface area is 128 Å². The molecule has 0 unspecified atom stereocenters. The molecule has 114 valence electrons. The van der Waals surface area contributed by atoms with Crippen molar-refractivity contribution in [3.05, 3.63) is 41.7 Å². The highest BCUT2D eigenvalue weighted by Gasteiger charge is 2.03. The molecule has 0 aliphatic carbocycles. The molecule has 1 rings (SSSR count). The lowest BCUT2D eigenvalue weighted by Gasteiger charge is -2.15. The number of rotatable bonds is 5. The SMILES string of the molecule is COC[C@@H](C)NC(=S)NNC(=O)/C=C/c1ccc(F)cc1. The van der Waals surface area contributed by atoms with Gasteiger partial charge in [-0.1, -0.05) is 12.1 Å². The lowest BCUT2D eigenvalue weighted by atomic mass is 10.2. The fourth-order valence-corrected chi connectivity index (χ4v) is 1.71. The van der Waals surface area contributed by atoms with E-state index in [2.05, 4.69) is 16.2 Å². The van der Waals surface area contributed by atoms with Crippen LogP contribution in [0.2, 0.25) is 0 Å². The number of halogens is 1. The number of hydrazine groups is 1. The first-order chi connectivity index (χ1) is 10.0.